The van der Waals surface area contributed by atoms with Crippen LogP contribution in [-0.4, -0.2) is 11.1 Å². The molecule has 2 nitrogen and oxygen atoms in total. The van der Waals surface area contributed by atoms with Gasteiger partial charge >= 0.3 is 5.97 Å². The molecule has 0 aromatic heterocycles. The van der Waals surface area contributed by atoms with Gasteiger partial charge in [-0.1, -0.05) is 13.5 Å². The van der Waals surface area contributed by atoms with Crippen LogP contribution in [0.5, 0.6) is 0 Å². The van der Waals surface area contributed by atoms with Gasteiger partial charge in [-0.2, -0.15) is 0 Å². The van der Waals surface area contributed by atoms with Gasteiger partial charge in [-0.25, -0.2) is 4.79 Å². The Morgan fingerprint density at radius 2 is 1.81 bits per heavy atom. The molecule has 0 aromatic carbocycles. The lowest BCUT2D eigenvalue weighted by Gasteiger charge is -2.60. The average molecular weight is 220 g/mol. The maximum Gasteiger partial charge on any atom is 0.331 e. The Kier molecular flexibility index (Phi) is 2.02. The molecule has 4 aliphatic rings. The smallest absolute Gasteiger partial charge is 0.331 e. The summed E-state index contributed by atoms with van der Waals surface area (Å²) in [7, 11) is 0. The Morgan fingerprint density at radius 3 is 2.31 bits per heavy atom. The Morgan fingerprint density at radius 1 is 1.25 bits per heavy atom. The summed E-state index contributed by atoms with van der Waals surface area (Å²) in [6.45, 7) is 6.16. The van der Waals surface area contributed by atoms with E-state index >= 15 is 0 Å². The van der Waals surface area contributed by atoms with Crippen LogP contribution in [0.25, 0.3) is 0 Å². The van der Waals surface area contributed by atoms with Gasteiger partial charge in [0.05, 0.1) is 0 Å². The molecular formula is C14H20O2. The van der Waals surface area contributed by atoms with E-state index in [4.69, 9.17) is 0 Å². The van der Waals surface area contributed by atoms with Crippen molar-refractivity contribution in [3.8, 4) is 0 Å². The van der Waals surface area contributed by atoms with Crippen LogP contribution in [0.3, 0.4) is 0 Å². The van der Waals surface area contributed by atoms with E-state index in [9.17, 15) is 9.90 Å². The fourth-order valence-electron chi connectivity index (χ4n) is 5.03. The van der Waals surface area contributed by atoms with Crippen molar-refractivity contribution in [1.82, 2.24) is 0 Å². The maximum atomic E-state index is 11.3. The van der Waals surface area contributed by atoms with Gasteiger partial charge in [-0.05, 0) is 55.8 Å². The zero-order chi connectivity index (χ0) is 11.5. The van der Waals surface area contributed by atoms with Gasteiger partial charge in [0, 0.05) is 11.0 Å². The summed E-state index contributed by atoms with van der Waals surface area (Å²) in [5.41, 5.74) is 0.444. The highest BCUT2D eigenvalue weighted by atomic mass is 16.4. The molecule has 0 aromatic rings. The summed E-state index contributed by atoms with van der Waals surface area (Å²) < 4.78 is 0. The number of carboxylic acid groups (broad SMARTS) is 1. The van der Waals surface area contributed by atoms with Crippen molar-refractivity contribution in [2.75, 3.05) is 0 Å². The van der Waals surface area contributed by atoms with Crippen LogP contribution in [0.2, 0.25) is 0 Å². The van der Waals surface area contributed by atoms with Crippen LogP contribution in [-0.2, 0) is 4.79 Å². The Labute approximate surface area is 96.7 Å². The maximum absolute atomic E-state index is 11.3. The van der Waals surface area contributed by atoms with Crippen LogP contribution < -0.4 is 0 Å². The third-order valence-corrected chi connectivity index (χ3v) is 5.68. The fourth-order valence-corrected chi connectivity index (χ4v) is 5.03. The molecule has 0 heterocycles. The highest BCUT2D eigenvalue weighted by Crippen LogP contribution is 2.65. The molecule has 0 radical (unpaired) electrons. The lowest BCUT2D eigenvalue weighted by Crippen LogP contribution is -2.53. The Balaban J connectivity index is 1.99. The molecule has 2 heteroatoms. The summed E-state index contributed by atoms with van der Waals surface area (Å²) >= 11 is 0. The molecule has 3 atom stereocenters. The lowest BCUT2D eigenvalue weighted by molar-refractivity contribution is -0.139. The molecular weight excluding hydrogens is 200 g/mol. The van der Waals surface area contributed by atoms with E-state index in [1.807, 2.05) is 0 Å². The summed E-state index contributed by atoms with van der Waals surface area (Å²) in [6.07, 6.45) is 6.20. The normalized spacial score (nSPS) is 49.3. The summed E-state index contributed by atoms with van der Waals surface area (Å²) in [5.74, 6) is 2.09. The van der Waals surface area contributed by atoms with Crippen molar-refractivity contribution in [2.24, 2.45) is 29.1 Å². The van der Waals surface area contributed by atoms with Crippen molar-refractivity contribution in [3.05, 3.63) is 12.2 Å². The average Bonchev–Trinajstić information content (AvgIpc) is 2.23. The molecule has 0 spiro atoms. The lowest BCUT2D eigenvalue weighted by atomic mass is 9.44. The van der Waals surface area contributed by atoms with Crippen molar-refractivity contribution in [1.29, 1.82) is 0 Å². The van der Waals surface area contributed by atoms with E-state index in [1.54, 1.807) is 0 Å². The quantitative estimate of drug-likeness (QED) is 0.726. The monoisotopic (exact) mass is 220 g/mol. The predicted molar refractivity (Wildman–Crippen MR) is 61.9 cm³/mol. The van der Waals surface area contributed by atoms with Crippen molar-refractivity contribution >= 4 is 5.97 Å². The molecule has 4 aliphatic carbocycles. The third-order valence-electron chi connectivity index (χ3n) is 5.68. The standard InChI is InChI=1S/C14H20O2/c1-8-12-4-10-3-11(5-12)7-14(8,6-10)9(2)13(15)16/h8,10-12H,2-7H2,1H3,(H,15,16). The molecule has 16 heavy (non-hydrogen) atoms. The molecule has 4 rings (SSSR count). The molecule has 1 N–H and O–H groups in total. The molecule has 0 saturated heterocycles. The minimum absolute atomic E-state index is 0.0550. The van der Waals surface area contributed by atoms with E-state index in [1.165, 1.54) is 19.3 Å². The first-order chi connectivity index (χ1) is 7.53. The first-order valence-electron chi connectivity index (χ1n) is 6.45. The van der Waals surface area contributed by atoms with Gasteiger partial charge in [0.2, 0.25) is 0 Å². The minimum atomic E-state index is -0.770. The van der Waals surface area contributed by atoms with Crippen molar-refractivity contribution < 1.29 is 9.90 Å². The van der Waals surface area contributed by atoms with Crippen LogP contribution in [0.15, 0.2) is 12.2 Å². The van der Waals surface area contributed by atoms with Gasteiger partial charge < -0.3 is 5.11 Å². The van der Waals surface area contributed by atoms with E-state index in [-0.39, 0.29) is 5.41 Å². The van der Waals surface area contributed by atoms with Gasteiger partial charge in [0.25, 0.3) is 0 Å². The van der Waals surface area contributed by atoms with Crippen LogP contribution in [0.1, 0.15) is 39.0 Å². The molecule has 4 bridgehead atoms. The highest BCUT2D eigenvalue weighted by Gasteiger charge is 2.57. The van der Waals surface area contributed by atoms with Gasteiger partial charge in [0.15, 0.2) is 0 Å². The van der Waals surface area contributed by atoms with E-state index < -0.39 is 5.97 Å². The second kappa shape index (κ2) is 3.12. The predicted octanol–water partition coefficient (Wildman–Crippen LogP) is 3.09. The number of hydrogen-bond acceptors (Lipinski definition) is 1. The highest BCUT2D eigenvalue weighted by molar-refractivity contribution is 5.87. The molecule has 88 valence electrons. The largest absolute Gasteiger partial charge is 0.478 e. The summed E-state index contributed by atoms with van der Waals surface area (Å²) in [6, 6.07) is 0. The van der Waals surface area contributed by atoms with Crippen LogP contribution in [0, 0.1) is 29.1 Å². The Hall–Kier alpha value is -0.790. The van der Waals surface area contributed by atoms with E-state index in [2.05, 4.69) is 13.5 Å². The number of hydrogen-bond donors (Lipinski definition) is 1. The zero-order valence-corrected chi connectivity index (χ0v) is 9.91. The minimum Gasteiger partial charge on any atom is -0.478 e. The van der Waals surface area contributed by atoms with Gasteiger partial charge in [-0.15, -0.1) is 0 Å². The number of carboxylic acids is 1. The van der Waals surface area contributed by atoms with Gasteiger partial charge in [0.1, 0.15) is 0 Å². The second-order valence-electron chi connectivity index (χ2n) is 6.34. The molecule has 0 amide bonds. The van der Waals surface area contributed by atoms with E-state index in [0.717, 1.165) is 30.6 Å². The Bertz CT molecular complexity index is 344. The summed E-state index contributed by atoms with van der Waals surface area (Å²) in [4.78, 5) is 11.3. The van der Waals surface area contributed by atoms with Gasteiger partial charge in [-0.3, -0.25) is 0 Å². The molecule has 4 fully saturated rings. The first-order valence-corrected chi connectivity index (χ1v) is 6.45. The van der Waals surface area contributed by atoms with Crippen LogP contribution >= 0.6 is 0 Å². The molecule has 0 aliphatic heterocycles. The second-order valence-corrected chi connectivity index (χ2v) is 6.34. The SMILES string of the molecule is C=C(C(=O)O)C12CC3CC(CC(C3)C1C)C2. The number of carbonyl (C=O) groups is 1. The van der Waals surface area contributed by atoms with Crippen molar-refractivity contribution in [2.45, 2.75) is 39.0 Å². The van der Waals surface area contributed by atoms with E-state index in [0.29, 0.717) is 11.5 Å². The zero-order valence-electron chi connectivity index (χ0n) is 9.91. The molecule has 3 unspecified atom stereocenters. The van der Waals surface area contributed by atoms with Crippen molar-refractivity contribution in [3.63, 3.8) is 0 Å². The molecule has 4 saturated carbocycles. The topological polar surface area (TPSA) is 37.3 Å². The number of rotatable bonds is 2. The third kappa shape index (κ3) is 1.16. The fraction of sp³-hybridized carbons (Fsp3) is 0.786. The summed E-state index contributed by atoms with van der Waals surface area (Å²) in [5, 5.41) is 9.26. The van der Waals surface area contributed by atoms with Crippen LogP contribution in [0.4, 0.5) is 0 Å². The number of aliphatic carboxylic acids is 1. The first kappa shape index (κ1) is 10.4.